The summed E-state index contributed by atoms with van der Waals surface area (Å²) in [6, 6.07) is 1.93. The Morgan fingerprint density at radius 3 is 2.67 bits per heavy atom. The molecule has 2 N–H and O–H groups in total. The van der Waals surface area contributed by atoms with Crippen LogP contribution in [0, 0.1) is 0 Å². The van der Waals surface area contributed by atoms with Crippen molar-refractivity contribution < 1.29 is 4.79 Å². The van der Waals surface area contributed by atoms with Crippen LogP contribution in [0.15, 0.2) is 0 Å². The highest BCUT2D eigenvalue weighted by Gasteiger charge is 2.31. The number of hydrogen-bond donors (Lipinski definition) is 2. The Labute approximate surface area is 109 Å². The summed E-state index contributed by atoms with van der Waals surface area (Å²) in [4.78, 5) is 14.3. The van der Waals surface area contributed by atoms with Gasteiger partial charge in [-0.3, -0.25) is 9.69 Å². The Balaban J connectivity index is 1.39. The van der Waals surface area contributed by atoms with E-state index in [4.69, 9.17) is 0 Å². The summed E-state index contributed by atoms with van der Waals surface area (Å²) in [5.41, 5.74) is 0. The Bertz CT molecular complexity index is 293. The minimum absolute atomic E-state index is 0.252. The second-order valence-electron chi connectivity index (χ2n) is 6.11. The third kappa shape index (κ3) is 3.69. The summed E-state index contributed by atoms with van der Waals surface area (Å²) >= 11 is 0. The Hall–Kier alpha value is -0.610. The van der Waals surface area contributed by atoms with Crippen molar-refractivity contribution in [3.05, 3.63) is 0 Å². The van der Waals surface area contributed by atoms with Gasteiger partial charge in [0.05, 0.1) is 0 Å². The summed E-state index contributed by atoms with van der Waals surface area (Å²) < 4.78 is 0. The van der Waals surface area contributed by atoms with E-state index in [-0.39, 0.29) is 5.91 Å². The van der Waals surface area contributed by atoms with Crippen LogP contribution in [0.3, 0.4) is 0 Å². The van der Waals surface area contributed by atoms with Gasteiger partial charge >= 0.3 is 0 Å². The van der Waals surface area contributed by atoms with Crippen molar-refractivity contribution in [1.82, 2.24) is 15.5 Å². The number of nitrogens with zero attached hydrogens (tertiary/aromatic N) is 1. The highest BCUT2D eigenvalue weighted by atomic mass is 16.1. The molecule has 3 aliphatic rings. The minimum atomic E-state index is 0.252. The highest BCUT2D eigenvalue weighted by Crippen LogP contribution is 2.27. The lowest BCUT2D eigenvalue weighted by molar-refractivity contribution is -0.121. The van der Waals surface area contributed by atoms with Crippen molar-refractivity contribution in [3.63, 3.8) is 0 Å². The van der Waals surface area contributed by atoms with Crippen molar-refractivity contribution in [1.29, 1.82) is 0 Å². The zero-order valence-electron chi connectivity index (χ0n) is 11.2. The molecule has 4 nitrogen and oxygen atoms in total. The van der Waals surface area contributed by atoms with Crippen LogP contribution in [0.1, 0.15) is 44.9 Å². The molecule has 0 spiro atoms. The molecule has 1 saturated heterocycles. The van der Waals surface area contributed by atoms with Crippen molar-refractivity contribution in [3.8, 4) is 0 Å². The quantitative estimate of drug-likeness (QED) is 0.706. The summed E-state index contributed by atoms with van der Waals surface area (Å²) in [6.07, 6.45) is 8.32. The number of carbonyl (C=O) groups excluding carboxylic acids is 1. The molecular weight excluding hydrogens is 226 g/mol. The third-order valence-electron chi connectivity index (χ3n) is 4.25. The molecule has 2 aliphatic carbocycles. The molecule has 18 heavy (non-hydrogen) atoms. The molecule has 1 aliphatic heterocycles. The van der Waals surface area contributed by atoms with Crippen LogP contribution < -0.4 is 10.6 Å². The standard InChI is InChI=1S/C14H25N3O/c18-14(16-11-3-4-11)7-9-17(13-5-6-13)10-12-2-1-8-15-12/h11-13,15H,1-10H2,(H,16,18). The first-order chi connectivity index (χ1) is 8.81. The number of rotatable bonds is 7. The van der Waals surface area contributed by atoms with Crippen LogP contribution in [0.4, 0.5) is 0 Å². The normalized spacial score (nSPS) is 27.7. The fourth-order valence-corrected chi connectivity index (χ4v) is 2.83. The molecule has 1 atom stereocenters. The topological polar surface area (TPSA) is 44.4 Å². The van der Waals surface area contributed by atoms with Crippen LogP contribution >= 0.6 is 0 Å². The number of carbonyl (C=O) groups is 1. The predicted molar refractivity (Wildman–Crippen MR) is 71.4 cm³/mol. The van der Waals surface area contributed by atoms with Crippen molar-refractivity contribution in [2.24, 2.45) is 0 Å². The van der Waals surface area contributed by atoms with Gasteiger partial charge in [-0.1, -0.05) is 0 Å². The molecule has 0 radical (unpaired) electrons. The van der Waals surface area contributed by atoms with Gasteiger partial charge in [-0.25, -0.2) is 0 Å². The van der Waals surface area contributed by atoms with Crippen molar-refractivity contribution in [2.45, 2.75) is 63.1 Å². The van der Waals surface area contributed by atoms with E-state index in [2.05, 4.69) is 15.5 Å². The first kappa shape index (κ1) is 12.4. The zero-order chi connectivity index (χ0) is 12.4. The first-order valence-corrected chi connectivity index (χ1v) is 7.58. The van der Waals surface area contributed by atoms with E-state index >= 15 is 0 Å². The first-order valence-electron chi connectivity index (χ1n) is 7.58. The second-order valence-corrected chi connectivity index (χ2v) is 6.11. The molecule has 4 heteroatoms. The molecule has 3 rings (SSSR count). The van der Waals surface area contributed by atoms with Gasteiger partial charge < -0.3 is 10.6 Å². The smallest absolute Gasteiger partial charge is 0.221 e. The molecule has 1 heterocycles. The maximum absolute atomic E-state index is 11.7. The molecule has 102 valence electrons. The van der Waals surface area contributed by atoms with Gasteiger partial charge in [0.15, 0.2) is 0 Å². The Kier molecular flexibility index (Phi) is 3.85. The maximum Gasteiger partial charge on any atom is 0.221 e. The van der Waals surface area contributed by atoms with Gasteiger partial charge in [-0.2, -0.15) is 0 Å². The van der Waals surface area contributed by atoms with E-state index in [0.717, 1.165) is 19.1 Å². The van der Waals surface area contributed by atoms with Crippen LogP contribution in [0.2, 0.25) is 0 Å². The fraction of sp³-hybridized carbons (Fsp3) is 0.929. The zero-order valence-corrected chi connectivity index (χ0v) is 11.2. The maximum atomic E-state index is 11.7. The van der Waals surface area contributed by atoms with Gasteiger partial charge in [0, 0.05) is 37.6 Å². The fourth-order valence-electron chi connectivity index (χ4n) is 2.83. The third-order valence-corrected chi connectivity index (χ3v) is 4.25. The minimum Gasteiger partial charge on any atom is -0.353 e. The van der Waals surface area contributed by atoms with Gasteiger partial charge in [0.1, 0.15) is 0 Å². The van der Waals surface area contributed by atoms with E-state index in [1.165, 1.54) is 45.1 Å². The molecule has 3 fully saturated rings. The SMILES string of the molecule is O=C(CCN(CC1CCCN1)C1CC1)NC1CC1. The highest BCUT2D eigenvalue weighted by molar-refractivity contribution is 5.76. The van der Waals surface area contributed by atoms with E-state index in [9.17, 15) is 4.79 Å². The average molecular weight is 251 g/mol. The Morgan fingerprint density at radius 1 is 1.22 bits per heavy atom. The van der Waals surface area contributed by atoms with Gasteiger partial charge in [-0.05, 0) is 45.1 Å². The summed E-state index contributed by atoms with van der Waals surface area (Å²) in [5, 5.41) is 6.64. The molecule has 0 aromatic heterocycles. The monoisotopic (exact) mass is 251 g/mol. The predicted octanol–water partition coefficient (Wildman–Crippen LogP) is 0.872. The second kappa shape index (κ2) is 5.57. The van der Waals surface area contributed by atoms with E-state index in [0.29, 0.717) is 18.5 Å². The summed E-state index contributed by atoms with van der Waals surface area (Å²) in [6.45, 7) is 3.26. The Morgan fingerprint density at radius 2 is 2.06 bits per heavy atom. The number of amides is 1. The van der Waals surface area contributed by atoms with Gasteiger partial charge in [-0.15, -0.1) is 0 Å². The molecular formula is C14H25N3O. The van der Waals surface area contributed by atoms with Crippen molar-refractivity contribution in [2.75, 3.05) is 19.6 Å². The largest absolute Gasteiger partial charge is 0.353 e. The summed E-state index contributed by atoms with van der Waals surface area (Å²) in [5.74, 6) is 0.252. The average Bonchev–Trinajstić information content (AvgIpc) is 3.27. The van der Waals surface area contributed by atoms with E-state index < -0.39 is 0 Å². The number of nitrogens with one attached hydrogen (secondary N) is 2. The molecule has 0 aromatic carbocycles. The van der Waals surface area contributed by atoms with Crippen molar-refractivity contribution >= 4 is 5.91 Å². The molecule has 1 unspecified atom stereocenters. The van der Waals surface area contributed by atoms with Gasteiger partial charge in [0.25, 0.3) is 0 Å². The van der Waals surface area contributed by atoms with Crippen LogP contribution in [0.25, 0.3) is 0 Å². The molecule has 0 aromatic rings. The summed E-state index contributed by atoms with van der Waals surface area (Å²) in [7, 11) is 0. The van der Waals surface area contributed by atoms with Crippen LogP contribution in [-0.4, -0.2) is 48.6 Å². The van der Waals surface area contributed by atoms with E-state index in [1.807, 2.05) is 0 Å². The lowest BCUT2D eigenvalue weighted by atomic mass is 10.2. The lowest BCUT2D eigenvalue weighted by Crippen LogP contribution is -2.40. The molecule has 2 saturated carbocycles. The molecule has 0 bridgehead atoms. The van der Waals surface area contributed by atoms with E-state index in [1.54, 1.807) is 0 Å². The van der Waals surface area contributed by atoms with Gasteiger partial charge in [0.2, 0.25) is 5.91 Å². The lowest BCUT2D eigenvalue weighted by Gasteiger charge is -2.25. The molecule has 1 amide bonds. The number of hydrogen-bond acceptors (Lipinski definition) is 3. The van der Waals surface area contributed by atoms with Crippen LogP contribution in [0.5, 0.6) is 0 Å². The van der Waals surface area contributed by atoms with Crippen LogP contribution in [-0.2, 0) is 4.79 Å².